The molecule has 3 N–H and O–H groups in total. The van der Waals surface area contributed by atoms with Crippen molar-refractivity contribution in [2.45, 2.75) is 38.6 Å². The number of carbonyl (C=O) groups is 1. The Balaban J connectivity index is 2.04. The molecule has 3 nitrogen and oxygen atoms in total. The number of amides is 1. The van der Waals surface area contributed by atoms with E-state index >= 15 is 0 Å². The van der Waals surface area contributed by atoms with Gasteiger partial charge in [-0.05, 0) is 52.9 Å². The third kappa shape index (κ3) is 3.05. The van der Waals surface area contributed by atoms with E-state index < -0.39 is 0 Å². The molecule has 1 aliphatic carbocycles. The van der Waals surface area contributed by atoms with Crippen LogP contribution in [-0.2, 0) is 0 Å². The third-order valence-corrected chi connectivity index (χ3v) is 4.41. The molecule has 1 aromatic carbocycles. The highest BCUT2D eigenvalue weighted by atomic mass is 79.9. The van der Waals surface area contributed by atoms with Crippen LogP contribution in [0.3, 0.4) is 0 Å². The van der Waals surface area contributed by atoms with Crippen molar-refractivity contribution < 1.29 is 4.79 Å². The second-order valence-electron chi connectivity index (χ2n) is 5.08. The number of anilines is 1. The molecule has 0 aromatic heterocycles. The van der Waals surface area contributed by atoms with Gasteiger partial charge in [-0.1, -0.05) is 19.8 Å². The van der Waals surface area contributed by atoms with E-state index in [0.29, 0.717) is 23.2 Å². The van der Waals surface area contributed by atoms with Crippen molar-refractivity contribution in [3.63, 3.8) is 0 Å². The van der Waals surface area contributed by atoms with Crippen LogP contribution in [0.25, 0.3) is 0 Å². The van der Waals surface area contributed by atoms with Gasteiger partial charge in [-0.2, -0.15) is 0 Å². The molecular weight excluding hydrogens is 292 g/mol. The molecule has 1 amide bonds. The number of nitrogens with one attached hydrogen (secondary N) is 1. The van der Waals surface area contributed by atoms with Gasteiger partial charge in [-0.25, -0.2) is 0 Å². The highest BCUT2D eigenvalue weighted by molar-refractivity contribution is 9.10. The van der Waals surface area contributed by atoms with E-state index in [0.717, 1.165) is 10.9 Å². The fraction of sp³-hybridized carbons (Fsp3) is 0.500. The summed E-state index contributed by atoms with van der Waals surface area (Å²) in [7, 11) is 0. The number of rotatable bonds is 2. The Morgan fingerprint density at radius 3 is 2.78 bits per heavy atom. The highest BCUT2D eigenvalue weighted by Gasteiger charge is 2.23. The zero-order valence-corrected chi connectivity index (χ0v) is 12.2. The quantitative estimate of drug-likeness (QED) is 0.823. The van der Waals surface area contributed by atoms with Crippen molar-refractivity contribution in [1.29, 1.82) is 0 Å². The molecular formula is C14H19BrN2O. The molecule has 0 aliphatic heterocycles. The molecule has 4 heteroatoms. The summed E-state index contributed by atoms with van der Waals surface area (Å²) in [4.78, 5) is 12.1. The van der Waals surface area contributed by atoms with Crippen molar-refractivity contribution in [1.82, 2.24) is 5.32 Å². The molecule has 1 saturated carbocycles. The standard InChI is InChI=1S/C14H19BrN2O/c1-9-4-2-3-5-13(9)17-14(18)10-6-7-11(15)12(16)8-10/h6-9,13H,2-5,16H2,1H3,(H,17,18)/t9-,13+/m0/s1. The Hall–Kier alpha value is -1.03. The fourth-order valence-corrected chi connectivity index (χ4v) is 2.71. The summed E-state index contributed by atoms with van der Waals surface area (Å²) < 4.78 is 0.824. The third-order valence-electron chi connectivity index (χ3n) is 3.69. The Morgan fingerprint density at radius 1 is 1.39 bits per heavy atom. The predicted octanol–water partition coefficient (Wildman–Crippen LogP) is 3.34. The number of hydrogen-bond donors (Lipinski definition) is 2. The first-order valence-corrected chi connectivity index (χ1v) is 7.23. The Labute approximate surface area is 116 Å². The number of nitrogens with two attached hydrogens (primary N) is 1. The number of benzene rings is 1. The van der Waals surface area contributed by atoms with Gasteiger partial charge < -0.3 is 11.1 Å². The van der Waals surface area contributed by atoms with Crippen LogP contribution in [0, 0.1) is 5.92 Å². The lowest BCUT2D eigenvalue weighted by Gasteiger charge is -2.29. The summed E-state index contributed by atoms with van der Waals surface area (Å²) in [6.07, 6.45) is 4.77. The maximum Gasteiger partial charge on any atom is 0.251 e. The molecule has 0 spiro atoms. The van der Waals surface area contributed by atoms with Crippen molar-refractivity contribution in [3.05, 3.63) is 28.2 Å². The van der Waals surface area contributed by atoms with Gasteiger partial charge >= 0.3 is 0 Å². The lowest BCUT2D eigenvalue weighted by atomic mass is 9.86. The number of nitrogen functional groups attached to an aromatic ring is 1. The van der Waals surface area contributed by atoms with Gasteiger partial charge in [0.05, 0.1) is 0 Å². The minimum Gasteiger partial charge on any atom is -0.398 e. The van der Waals surface area contributed by atoms with E-state index in [4.69, 9.17) is 5.73 Å². The Bertz CT molecular complexity index is 447. The van der Waals surface area contributed by atoms with E-state index in [-0.39, 0.29) is 5.91 Å². The van der Waals surface area contributed by atoms with Crippen LogP contribution in [0.2, 0.25) is 0 Å². The van der Waals surface area contributed by atoms with Crippen LogP contribution in [-0.4, -0.2) is 11.9 Å². The average Bonchev–Trinajstić information content (AvgIpc) is 2.35. The first-order chi connectivity index (χ1) is 8.58. The van der Waals surface area contributed by atoms with Gasteiger partial charge in [-0.15, -0.1) is 0 Å². The van der Waals surface area contributed by atoms with Gasteiger partial charge in [0.15, 0.2) is 0 Å². The highest BCUT2D eigenvalue weighted by Crippen LogP contribution is 2.25. The van der Waals surface area contributed by atoms with Crippen LogP contribution < -0.4 is 11.1 Å². The minimum absolute atomic E-state index is 0.0204. The van der Waals surface area contributed by atoms with Gasteiger partial charge in [0.25, 0.3) is 5.91 Å². The lowest BCUT2D eigenvalue weighted by Crippen LogP contribution is -2.41. The van der Waals surface area contributed by atoms with Crippen LogP contribution in [0.4, 0.5) is 5.69 Å². The molecule has 98 valence electrons. The summed E-state index contributed by atoms with van der Waals surface area (Å²) in [5.41, 5.74) is 7.02. The average molecular weight is 311 g/mol. The largest absolute Gasteiger partial charge is 0.398 e. The molecule has 0 heterocycles. The van der Waals surface area contributed by atoms with Gasteiger partial charge in [-0.3, -0.25) is 4.79 Å². The topological polar surface area (TPSA) is 55.1 Å². The van der Waals surface area contributed by atoms with Crippen molar-refractivity contribution in [2.75, 3.05) is 5.73 Å². The zero-order chi connectivity index (χ0) is 13.1. The normalized spacial score (nSPS) is 23.7. The fourth-order valence-electron chi connectivity index (χ4n) is 2.47. The molecule has 1 aliphatic rings. The SMILES string of the molecule is C[C@H]1CCCC[C@H]1NC(=O)c1ccc(Br)c(N)c1. The number of hydrogen-bond acceptors (Lipinski definition) is 2. The second-order valence-corrected chi connectivity index (χ2v) is 5.93. The van der Waals surface area contributed by atoms with Crippen LogP contribution in [0.5, 0.6) is 0 Å². The summed E-state index contributed by atoms with van der Waals surface area (Å²) in [6, 6.07) is 5.63. The molecule has 0 unspecified atom stereocenters. The van der Waals surface area contributed by atoms with Crippen molar-refractivity contribution in [2.24, 2.45) is 5.92 Å². The maximum atomic E-state index is 12.1. The molecule has 18 heavy (non-hydrogen) atoms. The molecule has 1 fully saturated rings. The van der Waals surface area contributed by atoms with Crippen LogP contribution in [0.1, 0.15) is 43.0 Å². The van der Waals surface area contributed by atoms with E-state index in [1.165, 1.54) is 19.3 Å². The summed E-state index contributed by atoms with van der Waals surface area (Å²) in [5, 5.41) is 3.12. The minimum atomic E-state index is -0.0204. The van der Waals surface area contributed by atoms with Crippen LogP contribution >= 0.6 is 15.9 Å². The van der Waals surface area contributed by atoms with E-state index in [2.05, 4.69) is 28.2 Å². The van der Waals surface area contributed by atoms with E-state index in [9.17, 15) is 4.79 Å². The zero-order valence-electron chi connectivity index (χ0n) is 10.6. The van der Waals surface area contributed by atoms with Crippen LogP contribution in [0.15, 0.2) is 22.7 Å². The summed E-state index contributed by atoms with van der Waals surface area (Å²) >= 11 is 3.33. The van der Waals surface area contributed by atoms with E-state index in [1.54, 1.807) is 12.1 Å². The maximum absolute atomic E-state index is 12.1. The van der Waals surface area contributed by atoms with E-state index in [1.807, 2.05) is 6.07 Å². The van der Waals surface area contributed by atoms with Crippen molar-refractivity contribution in [3.8, 4) is 0 Å². The molecule has 0 bridgehead atoms. The first-order valence-electron chi connectivity index (χ1n) is 6.44. The number of carbonyl (C=O) groups excluding carboxylic acids is 1. The van der Waals surface area contributed by atoms with Gasteiger partial charge in [0.1, 0.15) is 0 Å². The second kappa shape index (κ2) is 5.74. The number of halogens is 1. The monoisotopic (exact) mass is 310 g/mol. The van der Waals surface area contributed by atoms with Gasteiger partial charge in [0, 0.05) is 21.8 Å². The van der Waals surface area contributed by atoms with Gasteiger partial charge in [0.2, 0.25) is 0 Å². The first kappa shape index (κ1) is 13.4. The molecule has 1 aromatic rings. The Morgan fingerprint density at radius 2 is 2.11 bits per heavy atom. The predicted molar refractivity (Wildman–Crippen MR) is 77.4 cm³/mol. The Kier molecular flexibility index (Phi) is 4.27. The molecule has 2 rings (SSSR count). The summed E-state index contributed by atoms with van der Waals surface area (Å²) in [5.74, 6) is 0.545. The molecule has 2 atom stereocenters. The smallest absolute Gasteiger partial charge is 0.251 e. The molecule has 0 saturated heterocycles. The van der Waals surface area contributed by atoms with Crippen molar-refractivity contribution >= 4 is 27.5 Å². The molecule has 0 radical (unpaired) electrons. The lowest BCUT2D eigenvalue weighted by molar-refractivity contribution is 0.0910. The summed E-state index contributed by atoms with van der Waals surface area (Å²) in [6.45, 7) is 2.21.